The number of likely N-dealkylation sites (tertiary alicyclic amines) is 1. The van der Waals surface area contributed by atoms with Crippen LogP contribution in [0, 0.1) is 0 Å². The smallest absolute Gasteiger partial charge is 0.0919 e. The van der Waals surface area contributed by atoms with Gasteiger partial charge in [0.05, 0.1) is 4.99 Å². The first-order valence-electron chi connectivity index (χ1n) is 4.27. The first-order chi connectivity index (χ1) is 5.34. The van der Waals surface area contributed by atoms with Crippen molar-refractivity contribution in [3.8, 4) is 0 Å². The van der Waals surface area contributed by atoms with E-state index < -0.39 is 0 Å². The van der Waals surface area contributed by atoms with Crippen molar-refractivity contribution in [3.63, 3.8) is 0 Å². The molecule has 3 heteroatoms. The van der Waals surface area contributed by atoms with E-state index in [0.717, 1.165) is 11.5 Å². The Morgan fingerprint density at radius 3 is 2.55 bits per heavy atom. The van der Waals surface area contributed by atoms with Crippen molar-refractivity contribution >= 4 is 17.2 Å². The van der Waals surface area contributed by atoms with Crippen molar-refractivity contribution < 1.29 is 0 Å². The van der Waals surface area contributed by atoms with E-state index in [9.17, 15) is 0 Å². The zero-order chi connectivity index (χ0) is 8.10. The van der Waals surface area contributed by atoms with Gasteiger partial charge in [-0.25, -0.2) is 0 Å². The normalized spacial score (nSPS) is 18.5. The molecule has 1 N–H and O–H groups in total. The maximum atomic E-state index is 5.24. The Balaban J connectivity index is 2.27. The summed E-state index contributed by atoms with van der Waals surface area (Å²) < 4.78 is 0. The van der Waals surface area contributed by atoms with Gasteiger partial charge >= 0.3 is 0 Å². The van der Waals surface area contributed by atoms with Gasteiger partial charge in [0.2, 0.25) is 0 Å². The molecule has 2 nitrogen and oxygen atoms in total. The molecular formula is C8H16N2S. The minimum absolute atomic E-state index is 0.856. The summed E-state index contributed by atoms with van der Waals surface area (Å²) in [6.07, 6.45) is 3.99. The molecule has 1 rings (SSSR count). The number of hydrogen-bond donors (Lipinski definition) is 1. The molecule has 1 aliphatic heterocycles. The van der Waals surface area contributed by atoms with E-state index in [2.05, 4.69) is 10.2 Å². The molecule has 0 radical (unpaired) electrons. The first-order valence-corrected chi connectivity index (χ1v) is 4.68. The van der Waals surface area contributed by atoms with Crippen LogP contribution in [0.15, 0.2) is 0 Å². The number of piperidine rings is 1. The van der Waals surface area contributed by atoms with Crippen molar-refractivity contribution in [2.24, 2.45) is 0 Å². The third kappa shape index (κ3) is 2.75. The Morgan fingerprint density at radius 2 is 2.00 bits per heavy atom. The maximum Gasteiger partial charge on any atom is 0.0919 e. The predicted octanol–water partition coefficient (Wildman–Crippen LogP) is 1.02. The van der Waals surface area contributed by atoms with Gasteiger partial charge in [0.25, 0.3) is 0 Å². The van der Waals surface area contributed by atoms with Gasteiger partial charge < -0.3 is 10.2 Å². The average molecular weight is 172 g/mol. The third-order valence-corrected chi connectivity index (χ3v) is 2.44. The number of rotatable bonds is 2. The highest BCUT2D eigenvalue weighted by Gasteiger charge is 2.11. The molecule has 0 bridgehead atoms. The summed E-state index contributed by atoms with van der Waals surface area (Å²) in [5.74, 6) is 0. The van der Waals surface area contributed by atoms with Crippen molar-refractivity contribution in [1.29, 1.82) is 0 Å². The largest absolute Gasteiger partial charge is 0.365 e. The average Bonchev–Trinajstić information content (AvgIpc) is 2.07. The molecular weight excluding hydrogens is 156 g/mol. The molecule has 0 atom stereocenters. The summed E-state index contributed by atoms with van der Waals surface area (Å²) in [6, 6.07) is 0. The van der Waals surface area contributed by atoms with Gasteiger partial charge in [0.1, 0.15) is 0 Å². The molecule has 0 aromatic heterocycles. The van der Waals surface area contributed by atoms with Crippen LogP contribution in [-0.4, -0.2) is 36.6 Å². The van der Waals surface area contributed by atoms with E-state index in [1.54, 1.807) is 0 Å². The van der Waals surface area contributed by atoms with Crippen LogP contribution in [-0.2, 0) is 0 Å². The van der Waals surface area contributed by atoms with E-state index >= 15 is 0 Å². The number of thiocarbonyl (C=S) groups is 1. The fraction of sp³-hybridized carbons (Fsp3) is 0.875. The van der Waals surface area contributed by atoms with E-state index in [1.165, 1.54) is 32.4 Å². The lowest BCUT2D eigenvalue weighted by molar-refractivity contribution is 0.343. The van der Waals surface area contributed by atoms with Crippen LogP contribution in [0.5, 0.6) is 0 Å². The highest BCUT2D eigenvalue weighted by molar-refractivity contribution is 7.80. The van der Waals surface area contributed by atoms with E-state index in [0.29, 0.717) is 0 Å². The monoisotopic (exact) mass is 172 g/mol. The predicted molar refractivity (Wildman–Crippen MR) is 51.9 cm³/mol. The van der Waals surface area contributed by atoms with Crippen LogP contribution in [0.4, 0.5) is 0 Å². The molecule has 0 saturated carbocycles. The maximum absolute atomic E-state index is 5.24. The van der Waals surface area contributed by atoms with E-state index in [1.807, 2.05) is 7.05 Å². The molecule has 0 aliphatic carbocycles. The standard InChI is InChI=1S/C8H16N2S/c1-9-7-8(11)10-5-3-2-4-6-10/h9H,2-7H2,1H3. The zero-order valence-electron chi connectivity index (χ0n) is 7.10. The molecule has 0 amide bonds. The minimum atomic E-state index is 0.856. The number of hydrogen-bond acceptors (Lipinski definition) is 2. The SMILES string of the molecule is CNCC(=S)N1CCCCC1. The van der Waals surface area contributed by atoms with Crippen LogP contribution >= 0.6 is 12.2 Å². The van der Waals surface area contributed by atoms with Crippen LogP contribution < -0.4 is 5.32 Å². The summed E-state index contributed by atoms with van der Waals surface area (Å²) in [7, 11) is 1.94. The quantitative estimate of drug-likeness (QED) is 0.626. The fourth-order valence-electron chi connectivity index (χ4n) is 1.41. The van der Waals surface area contributed by atoms with Gasteiger partial charge in [0, 0.05) is 19.6 Å². The van der Waals surface area contributed by atoms with E-state index in [4.69, 9.17) is 12.2 Å². The van der Waals surface area contributed by atoms with Gasteiger partial charge in [-0.2, -0.15) is 0 Å². The zero-order valence-corrected chi connectivity index (χ0v) is 7.91. The second kappa shape index (κ2) is 4.67. The summed E-state index contributed by atoms with van der Waals surface area (Å²) in [5.41, 5.74) is 0. The lowest BCUT2D eigenvalue weighted by Crippen LogP contribution is -2.39. The molecule has 1 heterocycles. The molecule has 0 aromatic rings. The van der Waals surface area contributed by atoms with Crippen molar-refractivity contribution in [2.45, 2.75) is 19.3 Å². The molecule has 1 saturated heterocycles. The Morgan fingerprint density at radius 1 is 1.36 bits per heavy atom. The van der Waals surface area contributed by atoms with Crippen LogP contribution in [0.1, 0.15) is 19.3 Å². The van der Waals surface area contributed by atoms with Crippen LogP contribution in [0.25, 0.3) is 0 Å². The Kier molecular flexibility index (Phi) is 3.80. The molecule has 0 spiro atoms. The Bertz CT molecular complexity index is 130. The molecule has 0 aromatic carbocycles. The summed E-state index contributed by atoms with van der Waals surface area (Å²) in [5, 5.41) is 3.08. The summed E-state index contributed by atoms with van der Waals surface area (Å²) in [6.45, 7) is 3.19. The number of nitrogens with zero attached hydrogens (tertiary/aromatic N) is 1. The van der Waals surface area contributed by atoms with Gasteiger partial charge in [0.15, 0.2) is 0 Å². The molecule has 1 fully saturated rings. The first kappa shape index (κ1) is 8.94. The highest BCUT2D eigenvalue weighted by Crippen LogP contribution is 2.08. The second-order valence-electron chi connectivity index (χ2n) is 2.97. The van der Waals surface area contributed by atoms with Crippen molar-refractivity contribution in [2.75, 3.05) is 26.7 Å². The lowest BCUT2D eigenvalue weighted by Gasteiger charge is -2.28. The number of nitrogens with one attached hydrogen (secondary N) is 1. The Hall–Kier alpha value is -0.150. The molecule has 64 valence electrons. The second-order valence-corrected chi connectivity index (χ2v) is 3.44. The van der Waals surface area contributed by atoms with Crippen molar-refractivity contribution in [3.05, 3.63) is 0 Å². The van der Waals surface area contributed by atoms with Gasteiger partial charge in [-0.1, -0.05) is 12.2 Å². The van der Waals surface area contributed by atoms with E-state index in [-0.39, 0.29) is 0 Å². The van der Waals surface area contributed by atoms with Gasteiger partial charge in [-0.05, 0) is 26.3 Å². The highest BCUT2D eigenvalue weighted by atomic mass is 32.1. The number of likely N-dealkylation sites (N-methyl/N-ethyl adjacent to an activating group) is 1. The topological polar surface area (TPSA) is 15.3 Å². The summed E-state index contributed by atoms with van der Waals surface area (Å²) in [4.78, 5) is 3.39. The lowest BCUT2D eigenvalue weighted by atomic mass is 10.1. The Labute approximate surface area is 74.0 Å². The van der Waals surface area contributed by atoms with Crippen LogP contribution in [0.2, 0.25) is 0 Å². The van der Waals surface area contributed by atoms with Crippen molar-refractivity contribution in [1.82, 2.24) is 10.2 Å². The van der Waals surface area contributed by atoms with Gasteiger partial charge in [-0.3, -0.25) is 0 Å². The van der Waals surface area contributed by atoms with Gasteiger partial charge in [-0.15, -0.1) is 0 Å². The molecule has 11 heavy (non-hydrogen) atoms. The van der Waals surface area contributed by atoms with Crippen LogP contribution in [0.3, 0.4) is 0 Å². The molecule has 1 aliphatic rings. The fourth-order valence-corrected chi connectivity index (χ4v) is 1.73. The minimum Gasteiger partial charge on any atom is -0.365 e. The molecule has 0 unspecified atom stereocenters. The third-order valence-electron chi connectivity index (χ3n) is 2.04. The summed E-state index contributed by atoms with van der Waals surface area (Å²) >= 11 is 5.24.